The van der Waals surface area contributed by atoms with Crippen molar-refractivity contribution < 1.29 is 19.1 Å². The van der Waals surface area contributed by atoms with Crippen LogP contribution in [-0.2, 0) is 6.42 Å². The van der Waals surface area contributed by atoms with E-state index in [1.807, 2.05) is 44.2 Å². The van der Waals surface area contributed by atoms with Gasteiger partial charge >= 0.3 is 11.9 Å². The molecule has 1 fully saturated rings. The van der Waals surface area contributed by atoms with Crippen LogP contribution in [0.3, 0.4) is 0 Å². The number of benzene rings is 4. The van der Waals surface area contributed by atoms with Crippen molar-refractivity contribution in [3.8, 4) is 11.5 Å². The van der Waals surface area contributed by atoms with Gasteiger partial charge in [0.15, 0.2) is 11.5 Å². The highest BCUT2D eigenvalue weighted by atomic mass is 16.6. The van der Waals surface area contributed by atoms with E-state index in [0.717, 1.165) is 34.9 Å². The van der Waals surface area contributed by atoms with Gasteiger partial charge in [0.2, 0.25) is 0 Å². The SMILES string of the molecule is Cc1ccc(C(=O)Oc2cc3ccc(CCN4CCCC4)cc3cc2OC(=O)c2ccc(C)cc2)cc1. The molecule has 0 bridgehead atoms. The molecule has 4 aromatic rings. The molecule has 0 spiro atoms. The summed E-state index contributed by atoms with van der Waals surface area (Å²) < 4.78 is 11.6. The van der Waals surface area contributed by atoms with Crippen LogP contribution in [0.15, 0.2) is 78.9 Å². The Morgan fingerprint density at radius 2 is 1.19 bits per heavy atom. The minimum Gasteiger partial charge on any atom is -0.419 e. The normalized spacial score (nSPS) is 13.6. The maximum Gasteiger partial charge on any atom is 0.343 e. The van der Waals surface area contributed by atoms with E-state index in [9.17, 15) is 9.59 Å². The molecule has 0 saturated carbocycles. The van der Waals surface area contributed by atoms with Crippen LogP contribution in [0.4, 0.5) is 0 Å². The van der Waals surface area contributed by atoms with Crippen molar-refractivity contribution in [1.29, 1.82) is 0 Å². The number of aryl methyl sites for hydroxylation is 2. The van der Waals surface area contributed by atoms with Gasteiger partial charge < -0.3 is 14.4 Å². The van der Waals surface area contributed by atoms with Crippen molar-refractivity contribution in [3.05, 3.63) is 107 Å². The Morgan fingerprint density at radius 3 is 1.73 bits per heavy atom. The number of carbonyl (C=O) groups is 2. The van der Waals surface area contributed by atoms with Gasteiger partial charge in [0.25, 0.3) is 0 Å². The lowest BCUT2D eigenvalue weighted by atomic mass is 10.0. The van der Waals surface area contributed by atoms with E-state index in [1.165, 1.54) is 31.5 Å². The fraction of sp³-hybridized carbons (Fsp3) is 0.250. The van der Waals surface area contributed by atoms with Gasteiger partial charge in [0.05, 0.1) is 11.1 Å². The molecule has 0 unspecified atom stereocenters. The summed E-state index contributed by atoms with van der Waals surface area (Å²) in [4.78, 5) is 28.4. The van der Waals surface area contributed by atoms with Gasteiger partial charge in [-0.15, -0.1) is 0 Å². The molecular formula is C32H31NO4. The molecule has 37 heavy (non-hydrogen) atoms. The second-order valence-electron chi connectivity index (χ2n) is 9.79. The Bertz CT molecular complexity index is 1420. The zero-order valence-corrected chi connectivity index (χ0v) is 21.3. The van der Waals surface area contributed by atoms with E-state index < -0.39 is 11.9 Å². The third kappa shape index (κ3) is 6.07. The van der Waals surface area contributed by atoms with Crippen LogP contribution in [0.25, 0.3) is 10.8 Å². The summed E-state index contributed by atoms with van der Waals surface area (Å²) in [6.07, 6.45) is 3.51. The zero-order valence-electron chi connectivity index (χ0n) is 21.3. The van der Waals surface area contributed by atoms with Crippen LogP contribution in [0.2, 0.25) is 0 Å². The van der Waals surface area contributed by atoms with Crippen LogP contribution >= 0.6 is 0 Å². The van der Waals surface area contributed by atoms with E-state index in [1.54, 1.807) is 36.4 Å². The third-order valence-corrected chi connectivity index (χ3v) is 6.86. The molecule has 0 aromatic heterocycles. The monoisotopic (exact) mass is 493 g/mol. The van der Waals surface area contributed by atoms with Crippen molar-refractivity contribution in [2.45, 2.75) is 33.1 Å². The lowest BCUT2D eigenvalue weighted by Gasteiger charge is -2.15. The predicted molar refractivity (Wildman–Crippen MR) is 146 cm³/mol. The second kappa shape index (κ2) is 11.0. The van der Waals surface area contributed by atoms with Crippen LogP contribution in [-0.4, -0.2) is 36.5 Å². The van der Waals surface area contributed by atoms with Crippen molar-refractivity contribution in [2.75, 3.05) is 19.6 Å². The lowest BCUT2D eigenvalue weighted by Crippen LogP contribution is -2.21. The molecule has 1 aliphatic heterocycles. The fourth-order valence-electron chi connectivity index (χ4n) is 4.61. The van der Waals surface area contributed by atoms with Crippen molar-refractivity contribution in [3.63, 3.8) is 0 Å². The van der Waals surface area contributed by atoms with Gasteiger partial charge in [-0.25, -0.2) is 9.59 Å². The maximum atomic E-state index is 13.0. The zero-order chi connectivity index (χ0) is 25.8. The number of esters is 2. The Balaban J connectivity index is 1.45. The minimum atomic E-state index is -0.505. The van der Waals surface area contributed by atoms with Crippen molar-refractivity contribution in [2.24, 2.45) is 0 Å². The Labute approximate surface area is 217 Å². The number of fused-ring (bicyclic) bond motifs is 1. The Hall–Kier alpha value is -3.96. The molecule has 1 heterocycles. The fourth-order valence-corrected chi connectivity index (χ4v) is 4.61. The smallest absolute Gasteiger partial charge is 0.343 e. The van der Waals surface area contributed by atoms with E-state index >= 15 is 0 Å². The average Bonchev–Trinajstić information content (AvgIpc) is 3.42. The van der Waals surface area contributed by atoms with Gasteiger partial charge in [-0.2, -0.15) is 0 Å². The molecule has 5 nitrogen and oxygen atoms in total. The summed E-state index contributed by atoms with van der Waals surface area (Å²) in [5.74, 6) is -0.579. The quantitative estimate of drug-likeness (QED) is 0.216. The van der Waals surface area contributed by atoms with Crippen molar-refractivity contribution in [1.82, 2.24) is 4.90 Å². The number of hydrogen-bond acceptors (Lipinski definition) is 5. The van der Waals surface area contributed by atoms with Crippen LogP contribution < -0.4 is 9.47 Å². The van der Waals surface area contributed by atoms with Gasteiger partial charge in [0.1, 0.15) is 0 Å². The number of nitrogens with zero attached hydrogens (tertiary/aromatic N) is 1. The molecule has 0 radical (unpaired) electrons. The molecule has 5 heteroatoms. The van der Waals surface area contributed by atoms with Crippen LogP contribution in [0.1, 0.15) is 50.2 Å². The first-order valence-corrected chi connectivity index (χ1v) is 12.8. The summed E-state index contributed by atoms with van der Waals surface area (Å²) in [6.45, 7) is 7.29. The molecule has 188 valence electrons. The molecule has 0 N–H and O–H groups in total. The van der Waals surface area contributed by atoms with E-state index in [0.29, 0.717) is 11.1 Å². The molecule has 5 rings (SSSR count). The van der Waals surface area contributed by atoms with Gasteiger partial charge in [-0.3, -0.25) is 0 Å². The lowest BCUT2D eigenvalue weighted by molar-refractivity contribution is 0.0683. The maximum absolute atomic E-state index is 13.0. The Morgan fingerprint density at radius 1 is 0.676 bits per heavy atom. The number of carbonyl (C=O) groups excluding carboxylic acids is 2. The minimum absolute atomic E-state index is 0.211. The van der Waals surface area contributed by atoms with Gasteiger partial charge in [0, 0.05) is 6.54 Å². The first kappa shape index (κ1) is 24.7. The van der Waals surface area contributed by atoms with Gasteiger partial charge in [-0.1, -0.05) is 53.6 Å². The highest BCUT2D eigenvalue weighted by Gasteiger charge is 2.18. The van der Waals surface area contributed by atoms with Crippen molar-refractivity contribution >= 4 is 22.7 Å². The van der Waals surface area contributed by atoms with E-state index in [2.05, 4.69) is 17.0 Å². The standard InChI is InChI=1S/C32H31NO4/c1-22-5-10-25(11-6-22)31(34)36-29-20-27-14-9-24(15-18-33-16-3-4-17-33)19-28(27)21-30(29)37-32(35)26-12-7-23(2)8-13-26/h5-14,19-21H,3-4,15-18H2,1-2H3. The van der Waals surface area contributed by atoms with E-state index in [4.69, 9.17) is 9.47 Å². The molecule has 0 aliphatic carbocycles. The molecule has 1 aliphatic rings. The highest BCUT2D eigenvalue weighted by Crippen LogP contribution is 2.34. The van der Waals surface area contributed by atoms with Gasteiger partial charge in [-0.05, 0) is 98.9 Å². The Kier molecular flexibility index (Phi) is 7.33. The highest BCUT2D eigenvalue weighted by molar-refractivity contribution is 5.95. The molecule has 4 aromatic carbocycles. The molecule has 0 atom stereocenters. The summed E-state index contributed by atoms with van der Waals surface area (Å²) in [5, 5.41) is 1.84. The van der Waals surface area contributed by atoms with Crippen LogP contribution in [0, 0.1) is 13.8 Å². The number of rotatable bonds is 7. The first-order chi connectivity index (χ1) is 17.9. The topological polar surface area (TPSA) is 55.8 Å². The largest absolute Gasteiger partial charge is 0.419 e. The summed E-state index contributed by atoms with van der Waals surface area (Å²) in [6, 6.07) is 24.2. The molecule has 1 saturated heterocycles. The number of likely N-dealkylation sites (tertiary alicyclic amines) is 1. The molecule has 0 amide bonds. The summed E-state index contributed by atoms with van der Waals surface area (Å²) in [7, 11) is 0. The predicted octanol–water partition coefficient (Wildman–Crippen LogP) is 6.53. The number of hydrogen-bond donors (Lipinski definition) is 0. The van der Waals surface area contributed by atoms with Crippen LogP contribution in [0.5, 0.6) is 11.5 Å². The third-order valence-electron chi connectivity index (χ3n) is 6.86. The molecular weight excluding hydrogens is 462 g/mol. The summed E-state index contributed by atoms with van der Waals surface area (Å²) in [5.41, 5.74) is 4.19. The summed E-state index contributed by atoms with van der Waals surface area (Å²) >= 11 is 0. The van der Waals surface area contributed by atoms with E-state index in [-0.39, 0.29) is 11.5 Å². The first-order valence-electron chi connectivity index (χ1n) is 12.8. The average molecular weight is 494 g/mol. The number of ether oxygens (including phenoxy) is 2. The second-order valence-corrected chi connectivity index (χ2v) is 9.79.